The van der Waals surface area contributed by atoms with Crippen LogP contribution in [0.1, 0.15) is 26.3 Å². The fraction of sp³-hybridized carbons (Fsp3) is 0.333. The Balaban J connectivity index is 1.98. The van der Waals surface area contributed by atoms with E-state index in [2.05, 4.69) is 5.32 Å². The van der Waals surface area contributed by atoms with Crippen molar-refractivity contribution in [1.82, 2.24) is 10.2 Å². The van der Waals surface area contributed by atoms with E-state index in [1.54, 1.807) is 38.3 Å². The minimum atomic E-state index is -3.82. The molecule has 192 valence electrons. The summed E-state index contributed by atoms with van der Waals surface area (Å²) in [6, 6.07) is 19.0. The summed E-state index contributed by atoms with van der Waals surface area (Å²) in [7, 11) is -2.25. The number of methoxy groups -OCH3 is 1. The lowest BCUT2D eigenvalue weighted by atomic mass is 10.1. The summed E-state index contributed by atoms with van der Waals surface area (Å²) < 4.78 is 32.1. The molecule has 0 saturated carbocycles. The maximum absolute atomic E-state index is 13.7. The van der Waals surface area contributed by atoms with Crippen molar-refractivity contribution in [3.05, 3.63) is 72.3 Å². The average Bonchev–Trinajstić information content (AvgIpc) is 2.84. The summed E-state index contributed by atoms with van der Waals surface area (Å²) in [6.07, 6.45) is 1.07. The van der Waals surface area contributed by atoms with E-state index in [1.165, 1.54) is 4.90 Å². The first-order chi connectivity index (χ1) is 17.0. The van der Waals surface area contributed by atoms with Gasteiger partial charge in [0.15, 0.2) is 0 Å². The molecule has 9 heteroatoms. The second-order valence-corrected chi connectivity index (χ2v) is 10.9. The molecule has 0 heterocycles. The summed E-state index contributed by atoms with van der Waals surface area (Å²) in [5.74, 6) is -0.139. The average molecular weight is 512 g/mol. The van der Waals surface area contributed by atoms with Crippen LogP contribution < -0.4 is 14.4 Å². The van der Waals surface area contributed by atoms with E-state index in [1.807, 2.05) is 56.3 Å². The molecule has 2 amide bonds. The van der Waals surface area contributed by atoms with Gasteiger partial charge in [0.05, 0.1) is 19.1 Å². The van der Waals surface area contributed by atoms with Crippen LogP contribution in [0.2, 0.25) is 0 Å². The van der Waals surface area contributed by atoms with E-state index < -0.39 is 28.5 Å². The molecule has 0 unspecified atom stereocenters. The number of hydrogen-bond donors (Lipinski definition) is 1. The van der Waals surface area contributed by atoms with Crippen LogP contribution in [0.4, 0.5) is 5.69 Å². The van der Waals surface area contributed by atoms with E-state index in [0.717, 1.165) is 21.5 Å². The minimum absolute atomic E-state index is 0.110. The van der Waals surface area contributed by atoms with Crippen molar-refractivity contribution in [1.29, 1.82) is 0 Å². The minimum Gasteiger partial charge on any atom is -0.497 e. The molecule has 0 aliphatic rings. The van der Waals surface area contributed by atoms with E-state index in [9.17, 15) is 18.0 Å². The zero-order valence-electron chi connectivity index (χ0n) is 21.3. The Morgan fingerprint density at radius 1 is 0.944 bits per heavy atom. The summed E-state index contributed by atoms with van der Waals surface area (Å²) in [4.78, 5) is 28.0. The Kier molecular flexibility index (Phi) is 8.57. The number of amides is 2. The molecule has 36 heavy (non-hydrogen) atoms. The van der Waals surface area contributed by atoms with Crippen LogP contribution in [-0.2, 0) is 26.2 Å². The quantitative estimate of drug-likeness (QED) is 0.449. The maximum Gasteiger partial charge on any atom is 0.244 e. The first-order valence-electron chi connectivity index (χ1n) is 11.7. The van der Waals surface area contributed by atoms with Gasteiger partial charge in [-0.15, -0.1) is 0 Å². The zero-order valence-corrected chi connectivity index (χ0v) is 22.1. The Bertz CT molecular complexity index is 1320. The summed E-state index contributed by atoms with van der Waals surface area (Å²) in [6.45, 7) is 5.01. The summed E-state index contributed by atoms with van der Waals surface area (Å²) >= 11 is 0. The number of fused-ring (bicyclic) bond motifs is 1. The molecule has 1 atom stereocenters. The van der Waals surface area contributed by atoms with Gasteiger partial charge in [0, 0.05) is 18.0 Å². The van der Waals surface area contributed by atoms with Crippen molar-refractivity contribution >= 4 is 38.3 Å². The number of benzene rings is 3. The van der Waals surface area contributed by atoms with Gasteiger partial charge in [0.2, 0.25) is 21.8 Å². The van der Waals surface area contributed by atoms with Crippen molar-refractivity contribution in [3.63, 3.8) is 0 Å². The number of carbonyl (C=O) groups is 2. The number of nitrogens with zero attached hydrogens (tertiary/aromatic N) is 2. The Morgan fingerprint density at radius 3 is 2.19 bits per heavy atom. The first-order valence-corrected chi connectivity index (χ1v) is 13.5. The highest BCUT2D eigenvalue weighted by molar-refractivity contribution is 7.92. The van der Waals surface area contributed by atoms with Gasteiger partial charge in [0.1, 0.15) is 18.3 Å². The number of nitrogens with one attached hydrogen (secondary N) is 1. The van der Waals surface area contributed by atoms with Gasteiger partial charge >= 0.3 is 0 Å². The maximum atomic E-state index is 13.7. The third-order valence-corrected chi connectivity index (χ3v) is 6.95. The third-order valence-electron chi connectivity index (χ3n) is 5.82. The third kappa shape index (κ3) is 6.54. The molecular formula is C27H33N3O5S. The lowest BCUT2D eigenvalue weighted by molar-refractivity contribution is -0.139. The molecule has 0 spiro atoms. The topological polar surface area (TPSA) is 96.0 Å². The predicted octanol–water partition coefficient (Wildman–Crippen LogP) is 3.56. The van der Waals surface area contributed by atoms with E-state index in [4.69, 9.17) is 4.74 Å². The van der Waals surface area contributed by atoms with Gasteiger partial charge in [0.25, 0.3) is 0 Å². The normalized spacial score (nSPS) is 12.3. The Labute approximate surface area is 212 Å². The van der Waals surface area contributed by atoms with Gasteiger partial charge in [-0.05, 0) is 49.9 Å². The Morgan fingerprint density at radius 2 is 1.58 bits per heavy atom. The summed E-state index contributed by atoms with van der Waals surface area (Å²) in [5.41, 5.74) is 1.19. The molecule has 0 saturated heterocycles. The van der Waals surface area contributed by atoms with Gasteiger partial charge in [-0.25, -0.2) is 8.42 Å². The highest BCUT2D eigenvalue weighted by Crippen LogP contribution is 2.28. The SMILES string of the molecule is COc1ccc(CN(C(=O)CN(c2cccc3ccccc23)S(C)(=O)=O)[C@H](C)C(=O)NC(C)C)cc1. The molecule has 1 N–H and O–H groups in total. The molecule has 3 aromatic carbocycles. The first kappa shape index (κ1) is 27.0. The molecule has 0 aliphatic carbocycles. The molecule has 0 radical (unpaired) electrons. The summed E-state index contributed by atoms with van der Waals surface area (Å²) in [5, 5.41) is 4.41. The van der Waals surface area contributed by atoms with Crippen LogP contribution in [-0.4, -0.2) is 57.1 Å². The molecule has 8 nitrogen and oxygen atoms in total. The molecule has 3 rings (SSSR count). The molecule has 0 fully saturated rings. The van der Waals surface area contributed by atoms with Crippen LogP contribution >= 0.6 is 0 Å². The van der Waals surface area contributed by atoms with E-state index in [0.29, 0.717) is 16.8 Å². The fourth-order valence-corrected chi connectivity index (χ4v) is 4.80. The predicted molar refractivity (Wildman–Crippen MR) is 142 cm³/mol. The number of anilines is 1. The lowest BCUT2D eigenvalue weighted by Gasteiger charge is -2.32. The second kappa shape index (κ2) is 11.4. The number of rotatable bonds is 10. The zero-order chi connectivity index (χ0) is 26.5. The van der Waals surface area contributed by atoms with Crippen LogP contribution in [0, 0.1) is 0 Å². The van der Waals surface area contributed by atoms with Crippen molar-refractivity contribution in [2.45, 2.75) is 39.4 Å². The molecule has 3 aromatic rings. The standard InChI is InChI=1S/C27H33N3O5S/c1-19(2)28-27(32)20(3)29(17-21-13-15-23(35-4)16-14-21)26(31)18-30(36(5,33)34)25-12-8-10-22-9-6-7-11-24(22)25/h6-16,19-20H,17-18H2,1-5H3,(H,28,32)/t20-/m1/s1. The van der Waals surface area contributed by atoms with Crippen molar-refractivity contribution in [2.24, 2.45) is 0 Å². The molecule has 0 aromatic heterocycles. The highest BCUT2D eigenvalue weighted by Gasteiger charge is 2.30. The Hall–Kier alpha value is -3.59. The van der Waals surface area contributed by atoms with E-state index >= 15 is 0 Å². The lowest BCUT2D eigenvalue weighted by Crippen LogP contribution is -2.52. The van der Waals surface area contributed by atoms with Crippen LogP contribution in [0.15, 0.2) is 66.7 Å². The van der Waals surface area contributed by atoms with Gasteiger partial charge < -0.3 is 15.0 Å². The number of ether oxygens (including phenoxy) is 1. The van der Waals surface area contributed by atoms with Crippen molar-refractivity contribution in [3.8, 4) is 5.75 Å². The van der Waals surface area contributed by atoms with Crippen LogP contribution in [0.3, 0.4) is 0 Å². The smallest absolute Gasteiger partial charge is 0.244 e. The number of sulfonamides is 1. The monoisotopic (exact) mass is 511 g/mol. The van der Waals surface area contributed by atoms with Gasteiger partial charge in [-0.3, -0.25) is 13.9 Å². The van der Waals surface area contributed by atoms with Crippen LogP contribution in [0.5, 0.6) is 5.75 Å². The van der Waals surface area contributed by atoms with Crippen molar-refractivity contribution in [2.75, 3.05) is 24.2 Å². The van der Waals surface area contributed by atoms with Gasteiger partial charge in [-0.2, -0.15) is 0 Å². The van der Waals surface area contributed by atoms with Gasteiger partial charge in [-0.1, -0.05) is 48.5 Å². The molecule has 0 bridgehead atoms. The fourth-order valence-electron chi connectivity index (χ4n) is 3.94. The highest BCUT2D eigenvalue weighted by atomic mass is 32.2. The number of carbonyl (C=O) groups excluding carboxylic acids is 2. The second-order valence-electron chi connectivity index (χ2n) is 8.98. The van der Waals surface area contributed by atoms with Crippen LogP contribution in [0.25, 0.3) is 10.8 Å². The van der Waals surface area contributed by atoms with Crippen molar-refractivity contribution < 1.29 is 22.7 Å². The van der Waals surface area contributed by atoms with E-state index in [-0.39, 0.29) is 18.5 Å². The largest absolute Gasteiger partial charge is 0.497 e. The number of hydrogen-bond acceptors (Lipinski definition) is 5. The molecular weight excluding hydrogens is 478 g/mol. The molecule has 0 aliphatic heterocycles.